The van der Waals surface area contributed by atoms with E-state index in [1.807, 2.05) is 0 Å². The van der Waals surface area contributed by atoms with E-state index < -0.39 is 8.32 Å². The van der Waals surface area contributed by atoms with E-state index in [9.17, 15) is 0 Å². The summed E-state index contributed by atoms with van der Waals surface area (Å²) < 4.78 is 13.1. The van der Waals surface area contributed by atoms with Gasteiger partial charge in [0, 0.05) is 13.2 Å². The number of hydrogen-bond donors (Lipinski definition) is 0. The maximum atomic E-state index is 7.12. The molecule has 0 aliphatic heterocycles. The molecule has 2 aromatic rings. The van der Waals surface area contributed by atoms with Crippen molar-refractivity contribution in [3.63, 3.8) is 0 Å². The molecule has 1 saturated carbocycles. The average molecular weight is 411 g/mol. The second kappa shape index (κ2) is 10.1. The number of ether oxygens (including phenoxy) is 1. The minimum absolute atomic E-state index is 0.0527. The van der Waals surface area contributed by atoms with E-state index in [0.717, 1.165) is 19.6 Å². The number of benzene rings is 2. The van der Waals surface area contributed by atoms with E-state index >= 15 is 0 Å². The molecule has 0 saturated heterocycles. The van der Waals surface area contributed by atoms with E-state index in [1.165, 1.54) is 36.1 Å². The molecule has 0 radical (unpaired) electrons. The second-order valence-corrected chi connectivity index (χ2v) is 13.8. The Morgan fingerprint density at radius 3 is 1.79 bits per heavy atom. The second-order valence-electron chi connectivity index (χ2n) is 9.49. The van der Waals surface area contributed by atoms with Crippen LogP contribution in [0.15, 0.2) is 60.7 Å². The van der Waals surface area contributed by atoms with Crippen LogP contribution >= 0.6 is 0 Å². The fourth-order valence-electron chi connectivity index (χ4n) is 4.75. The van der Waals surface area contributed by atoms with Crippen LogP contribution in [0, 0.1) is 5.92 Å². The van der Waals surface area contributed by atoms with Crippen molar-refractivity contribution in [2.75, 3.05) is 13.2 Å². The first-order valence-corrected chi connectivity index (χ1v) is 13.2. The van der Waals surface area contributed by atoms with Crippen molar-refractivity contribution in [2.24, 2.45) is 5.92 Å². The van der Waals surface area contributed by atoms with Gasteiger partial charge in [0.2, 0.25) is 0 Å². The van der Waals surface area contributed by atoms with Gasteiger partial charge in [-0.05, 0) is 53.4 Å². The first-order valence-electron chi connectivity index (χ1n) is 11.3. The molecule has 2 aromatic carbocycles. The van der Waals surface area contributed by atoms with E-state index in [0.29, 0.717) is 12.0 Å². The lowest BCUT2D eigenvalue weighted by Gasteiger charge is -2.44. The normalized spacial score (nSPS) is 20.6. The molecule has 0 amide bonds. The van der Waals surface area contributed by atoms with E-state index in [-0.39, 0.29) is 5.04 Å². The highest BCUT2D eigenvalue weighted by atomic mass is 28.4. The first-order chi connectivity index (χ1) is 14.0. The third-order valence-electron chi connectivity index (χ3n) is 6.30. The predicted molar refractivity (Wildman–Crippen MR) is 126 cm³/mol. The molecule has 29 heavy (non-hydrogen) atoms. The summed E-state index contributed by atoms with van der Waals surface area (Å²) in [6.07, 6.45) is 6.35. The zero-order valence-electron chi connectivity index (χ0n) is 18.7. The summed E-state index contributed by atoms with van der Waals surface area (Å²) in [5.74, 6) is 0.637. The zero-order chi connectivity index (χ0) is 20.7. The standard InChI is InChI=1S/C26H38O2Si/c1-5-20-27-23-18-16-22(17-19-23)21-28-29(26(2,3)4,24-12-8-6-9-13-24)25-14-10-7-11-15-25/h6-15,22-23H,5,16-21H2,1-4H3. The lowest BCUT2D eigenvalue weighted by atomic mass is 9.88. The molecule has 1 aliphatic rings. The van der Waals surface area contributed by atoms with Crippen molar-refractivity contribution in [2.45, 2.75) is 70.9 Å². The van der Waals surface area contributed by atoms with E-state index in [1.54, 1.807) is 0 Å². The number of rotatable bonds is 8. The van der Waals surface area contributed by atoms with Gasteiger partial charge in [-0.2, -0.15) is 0 Å². The summed E-state index contributed by atoms with van der Waals surface area (Å²) >= 11 is 0. The molecule has 0 aromatic heterocycles. The Hall–Kier alpha value is -1.42. The summed E-state index contributed by atoms with van der Waals surface area (Å²) in [5.41, 5.74) is 0. The van der Waals surface area contributed by atoms with Gasteiger partial charge in [-0.3, -0.25) is 0 Å². The summed E-state index contributed by atoms with van der Waals surface area (Å²) in [7, 11) is -2.40. The van der Waals surface area contributed by atoms with Crippen molar-refractivity contribution in [1.29, 1.82) is 0 Å². The molecular weight excluding hydrogens is 372 g/mol. The summed E-state index contributed by atoms with van der Waals surface area (Å²) in [6, 6.07) is 22.0. The average Bonchev–Trinajstić information content (AvgIpc) is 2.74. The Balaban J connectivity index is 1.82. The Morgan fingerprint density at radius 1 is 0.828 bits per heavy atom. The highest BCUT2D eigenvalue weighted by Crippen LogP contribution is 2.38. The van der Waals surface area contributed by atoms with Crippen molar-refractivity contribution in [1.82, 2.24) is 0 Å². The van der Waals surface area contributed by atoms with E-state index in [4.69, 9.17) is 9.16 Å². The Kier molecular flexibility index (Phi) is 7.72. The zero-order valence-corrected chi connectivity index (χ0v) is 19.7. The van der Waals surface area contributed by atoms with Crippen molar-refractivity contribution >= 4 is 18.7 Å². The van der Waals surface area contributed by atoms with Gasteiger partial charge in [0.15, 0.2) is 0 Å². The van der Waals surface area contributed by atoms with Crippen LogP contribution in [-0.4, -0.2) is 27.6 Å². The highest BCUT2D eigenvalue weighted by molar-refractivity contribution is 6.99. The molecule has 158 valence electrons. The molecule has 0 spiro atoms. The molecular formula is C26H38O2Si. The summed E-state index contributed by atoms with van der Waals surface area (Å²) in [5, 5.41) is 2.80. The number of hydrogen-bond acceptors (Lipinski definition) is 2. The molecule has 0 bridgehead atoms. The molecule has 3 heteroatoms. The van der Waals surface area contributed by atoms with Gasteiger partial charge in [-0.1, -0.05) is 88.4 Å². The fourth-order valence-corrected chi connectivity index (χ4v) is 9.40. The Labute approximate surface area is 178 Å². The van der Waals surface area contributed by atoms with Crippen molar-refractivity contribution < 1.29 is 9.16 Å². The molecule has 0 atom stereocenters. The lowest BCUT2D eigenvalue weighted by molar-refractivity contribution is 0.0127. The van der Waals surface area contributed by atoms with Crippen LogP contribution in [0.4, 0.5) is 0 Å². The van der Waals surface area contributed by atoms with Gasteiger partial charge in [0.25, 0.3) is 8.32 Å². The van der Waals surface area contributed by atoms with Gasteiger partial charge in [0.05, 0.1) is 6.10 Å². The maximum Gasteiger partial charge on any atom is 0.261 e. The topological polar surface area (TPSA) is 18.5 Å². The van der Waals surface area contributed by atoms with E-state index in [2.05, 4.69) is 88.4 Å². The lowest BCUT2D eigenvalue weighted by Crippen LogP contribution is -2.67. The SMILES string of the molecule is CCCOC1CCC(CO[Si](c2ccccc2)(c2ccccc2)C(C)(C)C)CC1. The van der Waals surface area contributed by atoms with Crippen LogP contribution in [0.5, 0.6) is 0 Å². The molecule has 3 rings (SSSR count). The Morgan fingerprint density at radius 2 is 1.34 bits per heavy atom. The Bertz CT molecular complexity index is 676. The highest BCUT2D eigenvalue weighted by Gasteiger charge is 2.50. The van der Waals surface area contributed by atoms with Crippen LogP contribution < -0.4 is 10.4 Å². The molecule has 2 nitrogen and oxygen atoms in total. The van der Waals surface area contributed by atoms with Crippen molar-refractivity contribution in [3.8, 4) is 0 Å². The van der Waals surface area contributed by atoms with Gasteiger partial charge in [-0.25, -0.2) is 0 Å². The maximum absolute atomic E-state index is 7.12. The molecule has 1 fully saturated rings. The van der Waals surface area contributed by atoms with Crippen molar-refractivity contribution in [3.05, 3.63) is 60.7 Å². The molecule has 0 heterocycles. The van der Waals surface area contributed by atoms with Crippen LogP contribution in [0.1, 0.15) is 59.8 Å². The smallest absolute Gasteiger partial charge is 0.261 e. The summed E-state index contributed by atoms with van der Waals surface area (Å²) in [6.45, 7) is 11.0. The molecule has 0 N–H and O–H groups in total. The van der Waals surface area contributed by atoms with Crippen LogP contribution in [0.25, 0.3) is 0 Å². The summed E-state index contributed by atoms with van der Waals surface area (Å²) in [4.78, 5) is 0. The quantitative estimate of drug-likeness (QED) is 0.531. The third-order valence-corrected chi connectivity index (χ3v) is 11.3. The van der Waals surface area contributed by atoms with Gasteiger partial charge in [-0.15, -0.1) is 0 Å². The molecule has 1 aliphatic carbocycles. The van der Waals surface area contributed by atoms with Gasteiger partial charge >= 0.3 is 0 Å². The van der Waals surface area contributed by atoms with Gasteiger partial charge < -0.3 is 9.16 Å². The largest absolute Gasteiger partial charge is 0.407 e. The van der Waals surface area contributed by atoms with Crippen LogP contribution in [0.2, 0.25) is 5.04 Å². The first kappa shape index (κ1) is 22.3. The predicted octanol–water partition coefficient (Wildman–Crippen LogP) is 5.55. The van der Waals surface area contributed by atoms with Crippen LogP contribution in [-0.2, 0) is 9.16 Å². The third kappa shape index (κ3) is 5.20. The minimum Gasteiger partial charge on any atom is -0.407 e. The molecule has 0 unspecified atom stereocenters. The minimum atomic E-state index is -2.40. The monoisotopic (exact) mass is 410 g/mol. The fraction of sp³-hybridized carbons (Fsp3) is 0.538. The van der Waals surface area contributed by atoms with Crippen LogP contribution in [0.3, 0.4) is 0 Å². The van der Waals surface area contributed by atoms with Gasteiger partial charge in [0.1, 0.15) is 0 Å².